The zero-order chi connectivity index (χ0) is 25.0. The number of hydrazone groups is 1. The highest BCUT2D eigenvalue weighted by Gasteiger charge is 2.35. The molecule has 0 spiro atoms. The highest BCUT2D eigenvalue weighted by Crippen LogP contribution is 2.37. The fraction of sp³-hybridized carbons (Fsp3) is 0.357. The summed E-state index contributed by atoms with van der Waals surface area (Å²) in [5, 5.41) is 18.4. The minimum atomic E-state index is -0.301. The van der Waals surface area contributed by atoms with Gasteiger partial charge in [0.05, 0.1) is 23.9 Å². The maximum absolute atomic E-state index is 13.0. The van der Waals surface area contributed by atoms with E-state index in [0.717, 1.165) is 21.7 Å². The Labute approximate surface area is 204 Å². The van der Waals surface area contributed by atoms with E-state index in [4.69, 9.17) is 9.72 Å². The van der Waals surface area contributed by atoms with Gasteiger partial charge in [-0.25, -0.2) is 4.98 Å². The van der Waals surface area contributed by atoms with E-state index >= 15 is 0 Å². The Morgan fingerprint density at radius 3 is 2.40 bits per heavy atom. The van der Waals surface area contributed by atoms with Crippen molar-refractivity contribution in [2.75, 3.05) is 12.5 Å². The fourth-order valence-corrected chi connectivity index (χ4v) is 4.63. The fourth-order valence-electron chi connectivity index (χ4n) is 4.63. The number of ketones is 1. The molecule has 1 aromatic heterocycles. The largest absolute Gasteiger partial charge is 0.511 e. The highest BCUT2D eigenvalue weighted by molar-refractivity contribution is 6.23. The maximum Gasteiger partial charge on any atom is 0.305 e. The Morgan fingerprint density at radius 1 is 1.03 bits per heavy atom. The van der Waals surface area contributed by atoms with Crippen LogP contribution in [0, 0.1) is 5.41 Å². The summed E-state index contributed by atoms with van der Waals surface area (Å²) in [6.07, 6.45) is 2.68. The van der Waals surface area contributed by atoms with Crippen LogP contribution in [0.2, 0.25) is 0 Å². The van der Waals surface area contributed by atoms with Crippen LogP contribution in [0.15, 0.2) is 65.0 Å². The van der Waals surface area contributed by atoms with E-state index in [1.807, 2.05) is 62.4 Å². The van der Waals surface area contributed by atoms with Gasteiger partial charge >= 0.3 is 5.97 Å². The van der Waals surface area contributed by atoms with Crippen molar-refractivity contribution in [2.24, 2.45) is 10.5 Å². The van der Waals surface area contributed by atoms with Gasteiger partial charge in [-0.3, -0.25) is 15.0 Å². The smallest absolute Gasteiger partial charge is 0.305 e. The van der Waals surface area contributed by atoms with Gasteiger partial charge in [0.2, 0.25) is 0 Å². The van der Waals surface area contributed by atoms with E-state index in [-0.39, 0.29) is 28.5 Å². The summed E-state index contributed by atoms with van der Waals surface area (Å²) in [6, 6.07) is 15.9. The molecule has 7 heteroatoms. The van der Waals surface area contributed by atoms with E-state index in [1.165, 1.54) is 7.11 Å². The van der Waals surface area contributed by atoms with Gasteiger partial charge in [0.25, 0.3) is 0 Å². The molecule has 0 saturated heterocycles. The van der Waals surface area contributed by atoms with Gasteiger partial charge in [-0.05, 0) is 36.1 Å². The van der Waals surface area contributed by atoms with Crippen molar-refractivity contribution < 1.29 is 19.4 Å². The number of hydrogen-bond acceptors (Lipinski definition) is 7. The first-order chi connectivity index (χ1) is 16.8. The summed E-state index contributed by atoms with van der Waals surface area (Å²) in [5.41, 5.74) is 4.38. The number of rotatable bonds is 8. The molecule has 0 aliphatic heterocycles. The highest BCUT2D eigenvalue weighted by atomic mass is 16.5. The second kappa shape index (κ2) is 10.3. The lowest BCUT2D eigenvalue weighted by atomic mass is 9.75. The molecule has 2 aromatic carbocycles. The molecular formula is C28H31N3O4. The molecule has 4 rings (SSSR count). The molecule has 0 amide bonds. The predicted molar refractivity (Wildman–Crippen MR) is 138 cm³/mol. The molecule has 1 heterocycles. The standard InChI is InChI=1S/C28H31N3O4/c1-28(2)16-23(32)26(24(33)17-28)22(14-8-9-15-25(34)35-3)30-31-27-20-12-5-4-10-18(20)19-11-6-7-13-21(19)29-27/h4-7,10-13,32H,8-9,14-17H2,1-3H3,(H,29,31). The van der Waals surface area contributed by atoms with E-state index in [1.54, 1.807) is 0 Å². The number of fused-ring (bicyclic) bond motifs is 3. The number of carbonyl (C=O) groups is 2. The van der Waals surface area contributed by atoms with Crippen LogP contribution in [-0.2, 0) is 14.3 Å². The summed E-state index contributed by atoms with van der Waals surface area (Å²) in [4.78, 5) is 29.3. The van der Waals surface area contributed by atoms with Gasteiger partial charge in [0, 0.05) is 30.0 Å². The van der Waals surface area contributed by atoms with E-state index < -0.39 is 0 Å². The third kappa shape index (κ3) is 5.50. The predicted octanol–water partition coefficient (Wildman–Crippen LogP) is 6.09. The molecule has 0 atom stereocenters. The minimum absolute atomic E-state index is 0.0658. The second-order valence-electron chi connectivity index (χ2n) is 9.74. The maximum atomic E-state index is 13.0. The molecule has 0 unspecified atom stereocenters. The first-order valence-corrected chi connectivity index (χ1v) is 11.9. The zero-order valence-corrected chi connectivity index (χ0v) is 20.4. The number of hydrogen-bond donors (Lipinski definition) is 2. The molecule has 0 fully saturated rings. The average Bonchev–Trinajstić information content (AvgIpc) is 2.83. The number of methoxy groups -OCH3 is 1. The number of aliphatic hydroxyl groups excluding tert-OH is 1. The number of Topliss-reactive ketones (excluding diaryl/α,β-unsaturated/α-hetero) is 1. The van der Waals surface area contributed by atoms with Crippen molar-refractivity contribution in [1.29, 1.82) is 0 Å². The summed E-state index contributed by atoms with van der Waals surface area (Å²) < 4.78 is 4.72. The van der Waals surface area contributed by atoms with Crippen LogP contribution in [-0.4, -0.2) is 34.7 Å². The van der Waals surface area contributed by atoms with Crippen LogP contribution in [0.3, 0.4) is 0 Å². The van der Waals surface area contributed by atoms with Crippen molar-refractivity contribution >= 4 is 45.0 Å². The number of ether oxygens (including phenoxy) is 1. The molecule has 2 N–H and O–H groups in total. The van der Waals surface area contributed by atoms with Gasteiger partial charge < -0.3 is 9.84 Å². The lowest BCUT2D eigenvalue weighted by Gasteiger charge is -2.30. The van der Waals surface area contributed by atoms with Crippen molar-refractivity contribution in [1.82, 2.24) is 4.98 Å². The monoisotopic (exact) mass is 473 g/mol. The Hall–Kier alpha value is -3.74. The first-order valence-electron chi connectivity index (χ1n) is 11.9. The van der Waals surface area contributed by atoms with Crippen molar-refractivity contribution in [3.05, 3.63) is 59.9 Å². The number of aromatic nitrogens is 1. The number of anilines is 1. The Kier molecular flexibility index (Phi) is 7.15. The van der Waals surface area contributed by atoms with Crippen molar-refractivity contribution in [2.45, 2.75) is 52.4 Å². The van der Waals surface area contributed by atoms with Crippen LogP contribution >= 0.6 is 0 Å². The van der Waals surface area contributed by atoms with Crippen molar-refractivity contribution in [3.8, 4) is 0 Å². The number of para-hydroxylation sites is 1. The number of unbranched alkanes of at least 4 members (excludes halogenated alkanes) is 1. The third-order valence-corrected chi connectivity index (χ3v) is 6.32. The van der Waals surface area contributed by atoms with Crippen LogP contribution in [0.4, 0.5) is 5.82 Å². The number of allylic oxidation sites excluding steroid dienone is 2. The minimum Gasteiger partial charge on any atom is -0.511 e. The SMILES string of the molecule is COC(=O)CCCCC(=NNc1nc2ccccc2c2ccccc12)C1=C(O)CC(C)(C)CC1=O. The number of benzene rings is 2. The lowest BCUT2D eigenvalue weighted by molar-refractivity contribution is -0.140. The third-order valence-electron chi connectivity index (χ3n) is 6.32. The van der Waals surface area contributed by atoms with Gasteiger partial charge in [-0.1, -0.05) is 56.3 Å². The summed E-state index contributed by atoms with van der Waals surface area (Å²) in [5.74, 6) is 0.251. The Balaban J connectivity index is 1.70. The van der Waals surface area contributed by atoms with Crippen molar-refractivity contribution in [3.63, 3.8) is 0 Å². The van der Waals surface area contributed by atoms with Crippen LogP contribution < -0.4 is 5.43 Å². The number of pyridine rings is 1. The quantitative estimate of drug-likeness (QED) is 0.135. The molecule has 1 aliphatic carbocycles. The number of nitrogens with one attached hydrogen (secondary N) is 1. The zero-order valence-electron chi connectivity index (χ0n) is 20.4. The van der Waals surface area contributed by atoms with Gasteiger partial charge in [0.15, 0.2) is 11.6 Å². The summed E-state index contributed by atoms with van der Waals surface area (Å²) in [6.45, 7) is 3.93. The molecule has 0 saturated carbocycles. The van der Waals surface area contributed by atoms with Gasteiger partial charge in [-0.15, -0.1) is 0 Å². The number of aliphatic hydroxyl groups is 1. The normalized spacial score (nSPS) is 16.1. The van der Waals surface area contributed by atoms with E-state index in [0.29, 0.717) is 50.1 Å². The average molecular weight is 474 g/mol. The molecule has 35 heavy (non-hydrogen) atoms. The van der Waals surface area contributed by atoms with Crippen LogP contribution in [0.5, 0.6) is 0 Å². The van der Waals surface area contributed by atoms with Gasteiger partial charge in [-0.2, -0.15) is 5.10 Å². The molecule has 0 bridgehead atoms. The first kappa shape index (κ1) is 24.4. The van der Waals surface area contributed by atoms with Gasteiger partial charge in [0.1, 0.15) is 5.76 Å². The lowest BCUT2D eigenvalue weighted by Crippen LogP contribution is -2.29. The Bertz CT molecular complexity index is 1340. The molecule has 0 radical (unpaired) electrons. The molecule has 1 aliphatic rings. The molecule has 3 aromatic rings. The second-order valence-corrected chi connectivity index (χ2v) is 9.74. The number of carbonyl (C=O) groups excluding carboxylic acids is 2. The molecular weight excluding hydrogens is 442 g/mol. The topological polar surface area (TPSA) is 101 Å². The van der Waals surface area contributed by atoms with Crippen LogP contribution in [0.1, 0.15) is 52.4 Å². The summed E-state index contributed by atoms with van der Waals surface area (Å²) >= 11 is 0. The molecule has 182 valence electrons. The molecule has 7 nitrogen and oxygen atoms in total. The van der Waals surface area contributed by atoms with E-state index in [2.05, 4.69) is 10.5 Å². The summed E-state index contributed by atoms with van der Waals surface area (Å²) in [7, 11) is 1.37. The Morgan fingerprint density at radius 2 is 1.69 bits per heavy atom. The van der Waals surface area contributed by atoms with E-state index in [9.17, 15) is 14.7 Å². The van der Waals surface area contributed by atoms with Crippen LogP contribution in [0.25, 0.3) is 21.7 Å². The number of esters is 1. The number of nitrogens with zero attached hydrogens (tertiary/aromatic N) is 2.